The Hall–Kier alpha value is -2.70. The van der Waals surface area contributed by atoms with Gasteiger partial charge in [-0.2, -0.15) is 0 Å². The number of ether oxygens (including phenoxy) is 2. The summed E-state index contributed by atoms with van der Waals surface area (Å²) in [6, 6.07) is 0. The van der Waals surface area contributed by atoms with Crippen molar-refractivity contribution in [1.29, 1.82) is 0 Å². The van der Waals surface area contributed by atoms with Crippen LogP contribution in [0.25, 0.3) is 0 Å². The van der Waals surface area contributed by atoms with Gasteiger partial charge < -0.3 is 19.7 Å². The molecule has 0 saturated carbocycles. The molecule has 0 aliphatic heterocycles. The molecule has 0 aromatic carbocycles. The monoisotopic (exact) mass is 642 g/mol. The van der Waals surface area contributed by atoms with Crippen molar-refractivity contribution in [2.24, 2.45) is 5.92 Å². The van der Waals surface area contributed by atoms with Gasteiger partial charge in [-0.1, -0.05) is 151 Å². The molecule has 0 amide bonds. The van der Waals surface area contributed by atoms with E-state index in [0.717, 1.165) is 50.9 Å². The quantitative estimate of drug-likeness (QED) is 0.0351. The van der Waals surface area contributed by atoms with Gasteiger partial charge in [-0.3, -0.25) is 9.59 Å². The highest BCUT2D eigenvalue weighted by molar-refractivity contribution is 5.70. The number of rotatable bonds is 30. The van der Waals surface area contributed by atoms with Crippen molar-refractivity contribution in [3.8, 4) is 0 Å². The van der Waals surface area contributed by atoms with Crippen molar-refractivity contribution in [3.63, 3.8) is 0 Å². The Bertz CT molecular complexity index is 895. The molecule has 0 aliphatic carbocycles. The molecule has 0 heterocycles. The minimum atomic E-state index is -0.838. The number of hydrogen-bond acceptors (Lipinski definition) is 6. The van der Waals surface area contributed by atoms with Gasteiger partial charge in [0.15, 0.2) is 6.10 Å². The first-order valence-corrected chi connectivity index (χ1v) is 18.0. The van der Waals surface area contributed by atoms with E-state index in [1.165, 1.54) is 44.9 Å². The minimum Gasteiger partial charge on any atom is -0.462 e. The van der Waals surface area contributed by atoms with Crippen LogP contribution in [-0.2, 0) is 19.1 Å². The molecule has 46 heavy (non-hydrogen) atoms. The summed E-state index contributed by atoms with van der Waals surface area (Å²) in [6.45, 7) is 6.15. The number of aliphatic hydroxyl groups is 2. The molecule has 0 aromatic rings. The number of hydrogen-bond donors (Lipinski definition) is 2. The van der Waals surface area contributed by atoms with Crippen LogP contribution < -0.4 is 0 Å². The first-order valence-electron chi connectivity index (χ1n) is 18.0. The molecule has 6 nitrogen and oxygen atoms in total. The van der Waals surface area contributed by atoms with Crippen LogP contribution in [0.5, 0.6) is 0 Å². The van der Waals surface area contributed by atoms with Crippen LogP contribution in [0.3, 0.4) is 0 Å². The summed E-state index contributed by atoms with van der Waals surface area (Å²) in [6.07, 6.45) is 40.0. The number of allylic oxidation sites excluding steroid dienone is 10. The highest BCUT2D eigenvalue weighted by atomic mass is 16.6. The van der Waals surface area contributed by atoms with E-state index in [4.69, 9.17) is 9.47 Å². The molecule has 1 unspecified atom stereocenters. The zero-order valence-corrected chi connectivity index (χ0v) is 29.3. The summed E-state index contributed by atoms with van der Waals surface area (Å²) in [5.41, 5.74) is 0. The molecular formula is C40H66O6. The summed E-state index contributed by atoms with van der Waals surface area (Å²) in [4.78, 5) is 24.1. The molecule has 0 aliphatic rings. The van der Waals surface area contributed by atoms with Gasteiger partial charge in [-0.25, -0.2) is 0 Å². The lowest BCUT2D eigenvalue weighted by atomic mass is 10.0. The first-order chi connectivity index (χ1) is 22.4. The van der Waals surface area contributed by atoms with Crippen LogP contribution in [-0.4, -0.2) is 47.6 Å². The van der Waals surface area contributed by atoms with E-state index in [0.29, 0.717) is 19.3 Å². The fourth-order valence-corrected chi connectivity index (χ4v) is 4.55. The summed E-state index contributed by atoms with van der Waals surface area (Å²) in [5, 5.41) is 19.6. The van der Waals surface area contributed by atoms with Crippen LogP contribution in [0.4, 0.5) is 0 Å². The molecule has 0 fully saturated rings. The Morgan fingerprint density at radius 3 is 1.87 bits per heavy atom. The zero-order valence-electron chi connectivity index (χ0n) is 29.3. The van der Waals surface area contributed by atoms with Crippen LogP contribution >= 0.6 is 0 Å². The van der Waals surface area contributed by atoms with Crippen molar-refractivity contribution in [3.05, 3.63) is 72.9 Å². The van der Waals surface area contributed by atoms with E-state index in [-0.39, 0.29) is 25.6 Å². The summed E-state index contributed by atoms with van der Waals surface area (Å²) < 4.78 is 10.5. The fourth-order valence-electron chi connectivity index (χ4n) is 4.55. The van der Waals surface area contributed by atoms with Crippen LogP contribution in [0.1, 0.15) is 136 Å². The Morgan fingerprint density at radius 2 is 1.26 bits per heavy atom. The highest BCUT2D eigenvalue weighted by Crippen LogP contribution is 2.14. The lowest BCUT2D eigenvalue weighted by molar-refractivity contribution is -0.161. The maximum absolute atomic E-state index is 12.1. The number of aliphatic hydroxyl groups excluding tert-OH is 2. The number of carbonyl (C=O) groups excluding carboxylic acids is 2. The van der Waals surface area contributed by atoms with Gasteiger partial charge in [0.05, 0.1) is 12.7 Å². The molecule has 0 spiro atoms. The smallest absolute Gasteiger partial charge is 0.306 e. The Kier molecular flexibility index (Phi) is 31.7. The summed E-state index contributed by atoms with van der Waals surface area (Å²) in [7, 11) is 0. The maximum Gasteiger partial charge on any atom is 0.306 e. The Balaban J connectivity index is 3.86. The van der Waals surface area contributed by atoms with Gasteiger partial charge in [0, 0.05) is 12.8 Å². The van der Waals surface area contributed by atoms with E-state index in [1.54, 1.807) is 6.08 Å². The molecule has 262 valence electrons. The second-order valence-electron chi connectivity index (χ2n) is 12.2. The minimum absolute atomic E-state index is 0.150. The number of unbranched alkanes of at least 4 members (excludes halogenated alkanes) is 8. The molecular weight excluding hydrogens is 576 g/mol. The predicted molar refractivity (Wildman–Crippen MR) is 192 cm³/mol. The third-order valence-corrected chi connectivity index (χ3v) is 7.29. The summed E-state index contributed by atoms with van der Waals surface area (Å²) in [5.74, 6) is 0.0213. The second kappa shape index (κ2) is 33.7. The molecule has 0 radical (unpaired) electrons. The Morgan fingerprint density at radius 1 is 0.674 bits per heavy atom. The van der Waals surface area contributed by atoms with Crippen molar-refractivity contribution < 1.29 is 29.3 Å². The van der Waals surface area contributed by atoms with Crippen LogP contribution in [0.15, 0.2) is 72.9 Å². The molecule has 2 N–H and O–H groups in total. The van der Waals surface area contributed by atoms with Crippen molar-refractivity contribution in [1.82, 2.24) is 0 Å². The van der Waals surface area contributed by atoms with E-state index in [9.17, 15) is 19.8 Å². The second-order valence-corrected chi connectivity index (χ2v) is 12.2. The normalized spacial score (nSPS) is 13.9. The topological polar surface area (TPSA) is 93.1 Å². The molecule has 0 saturated heterocycles. The van der Waals surface area contributed by atoms with E-state index in [1.807, 2.05) is 30.4 Å². The zero-order chi connectivity index (χ0) is 33.9. The maximum atomic E-state index is 12.1. The lowest BCUT2D eigenvalue weighted by Gasteiger charge is -2.15. The van der Waals surface area contributed by atoms with Crippen molar-refractivity contribution in [2.45, 2.75) is 149 Å². The average molecular weight is 643 g/mol. The van der Waals surface area contributed by atoms with E-state index < -0.39 is 18.2 Å². The molecule has 0 rings (SSSR count). The average Bonchev–Trinajstić information content (AvgIpc) is 3.03. The number of esters is 2. The standard InChI is InChI=1S/C40H66O6/c1-4-5-6-7-8-9-10-11-12-15-18-21-25-30-37(42)31-26-23-28-32-39(43)45-35-38(34-41)46-40(44)33-27-22-19-16-13-14-17-20-24-29-36(2)3/h5-6,8-9,11-12,18,21,23,25-26,30,36-38,41-42H,4,7,10,13-17,19-20,22,24,27-29,31-35H2,1-3H3/b6-5-,9-8-,12-11-,21-18-,26-23-,30-25-/t37?,38-/m0/s1. The molecule has 0 bridgehead atoms. The van der Waals surface area contributed by atoms with Gasteiger partial charge in [0.2, 0.25) is 0 Å². The van der Waals surface area contributed by atoms with Crippen molar-refractivity contribution in [2.75, 3.05) is 13.2 Å². The van der Waals surface area contributed by atoms with Crippen LogP contribution in [0.2, 0.25) is 0 Å². The largest absolute Gasteiger partial charge is 0.462 e. The third-order valence-electron chi connectivity index (χ3n) is 7.29. The van der Waals surface area contributed by atoms with E-state index in [2.05, 4.69) is 57.2 Å². The lowest BCUT2D eigenvalue weighted by Crippen LogP contribution is -2.28. The van der Waals surface area contributed by atoms with Crippen LogP contribution in [0, 0.1) is 5.92 Å². The van der Waals surface area contributed by atoms with Gasteiger partial charge in [-0.05, 0) is 50.9 Å². The van der Waals surface area contributed by atoms with Gasteiger partial charge in [-0.15, -0.1) is 0 Å². The molecule has 2 atom stereocenters. The predicted octanol–water partition coefficient (Wildman–Crippen LogP) is 9.83. The van der Waals surface area contributed by atoms with Gasteiger partial charge in [0.25, 0.3) is 0 Å². The van der Waals surface area contributed by atoms with Gasteiger partial charge >= 0.3 is 11.9 Å². The molecule has 6 heteroatoms. The highest BCUT2D eigenvalue weighted by Gasteiger charge is 2.15. The molecule has 0 aromatic heterocycles. The Labute approximate surface area is 281 Å². The van der Waals surface area contributed by atoms with Gasteiger partial charge in [0.1, 0.15) is 6.61 Å². The SMILES string of the molecule is CC/C=C\C/C=C\C/C=C\C/C=C\C=C/C(O)C/C=C\CCC(=O)OC[C@H](CO)OC(=O)CCCCCCCCCCCC(C)C. The van der Waals surface area contributed by atoms with Crippen molar-refractivity contribution >= 4 is 11.9 Å². The fraction of sp³-hybridized carbons (Fsp3) is 0.650. The van der Waals surface area contributed by atoms with E-state index >= 15 is 0 Å². The summed E-state index contributed by atoms with van der Waals surface area (Å²) >= 11 is 0. The first kappa shape index (κ1) is 43.3. The third kappa shape index (κ3) is 32.7. The number of carbonyl (C=O) groups is 2.